The normalized spacial score (nSPS) is 10.3. The van der Waals surface area contributed by atoms with E-state index in [2.05, 4.69) is 5.32 Å². The molecule has 0 aliphatic rings. The van der Waals surface area contributed by atoms with Crippen molar-refractivity contribution in [3.8, 4) is 0 Å². The molecule has 0 aliphatic heterocycles. The molecule has 23 heavy (non-hydrogen) atoms. The van der Waals surface area contributed by atoms with Gasteiger partial charge in [0.2, 0.25) is 11.8 Å². The molecule has 2 rings (SSSR count). The molecule has 1 aromatic heterocycles. The highest BCUT2D eigenvalue weighted by Gasteiger charge is 2.17. The number of nitrogens with one attached hydrogen (secondary N) is 1. The zero-order valence-corrected chi connectivity index (χ0v) is 13.7. The van der Waals surface area contributed by atoms with Crippen LogP contribution in [0.4, 0.5) is 4.39 Å². The van der Waals surface area contributed by atoms with Crippen molar-refractivity contribution in [3.05, 3.63) is 58.0 Å². The molecule has 2 aromatic rings. The van der Waals surface area contributed by atoms with Gasteiger partial charge in [-0.25, -0.2) is 4.39 Å². The zero-order valence-electron chi connectivity index (χ0n) is 12.9. The second-order valence-corrected chi connectivity index (χ2v) is 6.06. The average Bonchev–Trinajstić information content (AvgIpc) is 3.06. The summed E-state index contributed by atoms with van der Waals surface area (Å²) in [6, 6.07) is 10.0. The lowest BCUT2D eigenvalue weighted by Crippen LogP contribution is -2.41. The Bertz CT molecular complexity index is 658. The summed E-state index contributed by atoms with van der Waals surface area (Å²) in [5.41, 5.74) is 0.343. The number of nitrogens with zero attached hydrogens (tertiary/aromatic N) is 1. The molecule has 1 aromatic carbocycles. The molecule has 0 aliphatic carbocycles. The van der Waals surface area contributed by atoms with Gasteiger partial charge in [0.1, 0.15) is 5.82 Å². The Kier molecular flexibility index (Phi) is 6.29. The number of carbonyl (C=O) groups is 2. The molecule has 0 spiro atoms. The summed E-state index contributed by atoms with van der Waals surface area (Å²) in [5.74, 6) is -0.884. The highest BCUT2D eigenvalue weighted by molar-refractivity contribution is 7.09. The van der Waals surface area contributed by atoms with E-state index in [4.69, 9.17) is 0 Å². The minimum absolute atomic E-state index is 0.0187. The SMILES string of the molecule is CCN(CC(=O)NCc1cccs1)C(=O)Cc1ccccc1F. The Morgan fingerprint density at radius 3 is 2.65 bits per heavy atom. The number of likely N-dealkylation sites (N-methyl/N-ethyl adjacent to an activating group) is 1. The fourth-order valence-electron chi connectivity index (χ4n) is 2.12. The summed E-state index contributed by atoms with van der Waals surface area (Å²) in [6.45, 7) is 2.64. The van der Waals surface area contributed by atoms with Crippen LogP contribution in [-0.2, 0) is 22.6 Å². The lowest BCUT2D eigenvalue weighted by molar-refractivity contribution is -0.135. The van der Waals surface area contributed by atoms with E-state index in [9.17, 15) is 14.0 Å². The molecule has 0 saturated heterocycles. The molecule has 0 unspecified atom stereocenters. The van der Waals surface area contributed by atoms with E-state index in [1.165, 1.54) is 11.0 Å². The highest BCUT2D eigenvalue weighted by atomic mass is 32.1. The molecule has 0 fully saturated rings. The summed E-state index contributed by atoms with van der Waals surface area (Å²) in [6.07, 6.45) is -0.0429. The van der Waals surface area contributed by atoms with E-state index in [0.29, 0.717) is 18.7 Å². The van der Waals surface area contributed by atoms with Gasteiger partial charge in [0.25, 0.3) is 0 Å². The van der Waals surface area contributed by atoms with Crippen LogP contribution in [0.15, 0.2) is 41.8 Å². The number of hydrogen-bond donors (Lipinski definition) is 1. The summed E-state index contributed by atoms with van der Waals surface area (Å²) >= 11 is 1.56. The third-order valence-corrected chi connectivity index (χ3v) is 4.28. The molecule has 4 nitrogen and oxygen atoms in total. The first kappa shape index (κ1) is 17.1. The van der Waals surface area contributed by atoms with Crippen molar-refractivity contribution in [2.45, 2.75) is 19.9 Å². The van der Waals surface area contributed by atoms with Gasteiger partial charge in [-0.2, -0.15) is 0 Å². The number of thiophene rings is 1. The van der Waals surface area contributed by atoms with Gasteiger partial charge in [-0.1, -0.05) is 24.3 Å². The van der Waals surface area contributed by atoms with Gasteiger partial charge in [-0.15, -0.1) is 11.3 Å². The summed E-state index contributed by atoms with van der Waals surface area (Å²) in [7, 11) is 0. The van der Waals surface area contributed by atoms with Crippen LogP contribution < -0.4 is 5.32 Å². The lowest BCUT2D eigenvalue weighted by Gasteiger charge is -2.20. The molecule has 0 radical (unpaired) electrons. The van der Waals surface area contributed by atoms with Crippen LogP contribution in [0.25, 0.3) is 0 Å². The van der Waals surface area contributed by atoms with E-state index < -0.39 is 5.82 Å². The van der Waals surface area contributed by atoms with Gasteiger partial charge >= 0.3 is 0 Å². The number of rotatable bonds is 7. The van der Waals surface area contributed by atoms with Crippen LogP contribution in [0.5, 0.6) is 0 Å². The van der Waals surface area contributed by atoms with Crippen LogP contribution in [0.2, 0.25) is 0 Å². The minimum atomic E-state index is -0.404. The maximum atomic E-state index is 13.6. The minimum Gasteiger partial charge on any atom is -0.350 e. The largest absolute Gasteiger partial charge is 0.350 e. The topological polar surface area (TPSA) is 49.4 Å². The Labute approximate surface area is 138 Å². The van der Waals surface area contributed by atoms with E-state index in [-0.39, 0.29) is 24.8 Å². The van der Waals surface area contributed by atoms with E-state index in [0.717, 1.165) is 4.88 Å². The molecule has 122 valence electrons. The van der Waals surface area contributed by atoms with Gasteiger partial charge in [-0.05, 0) is 30.0 Å². The number of hydrogen-bond acceptors (Lipinski definition) is 3. The van der Waals surface area contributed by atoms with Gasteiger partial charge in [0, 0.05) is 11.4 Å². The predicted molar refractivity (Wildman–Crippen MR) is 88.5 cm³/mol. The summed E-state index contributed by atoms with van der Waals surface area (Å²) in [4.78, 5) is 26.7. The van der Waals surface area contributed by atoms with Crippen LogP contribution in [0, 0.1) is 5.82 Å². The van der Waals surface area contributed by atoms with Crippen molar-refractivity contribution >= 4 is 23.2 Å². The van der Waals surface area contributed by atoms with E-state index in [1.54, 1.807) is 36.5 Å². The number of benzene rings is 1. The quantitative estimate of drug-likeness (QED) is 0.846. The average molecular weight is 334 g/mol. The zero-order chi connectivity index (χ0) is 16.7. The molecular formula is C17H19FN2O2S. The Morgan fingerprint density at radius 2 is 2.00 bits per heavy atom. The number of amides is 2. The molecule has 0 bridgehead atoms. The lowest BCUT2D eigenvalue weighted by atomic mass is 10.1. The molecule has 0 atom stereocenters. The van der Waals surface area contributed by atoms with E-state index in [1.807, 2.05) is 17.5 Å². The molecule has 1 heterocycles. The number of carbonyl (C=O) groups excluding carboxylic acids is 2. The highest BCUT2D eigenvalue weighted by Crippen LogP contribution is 2.09. The first-order valence-electron chi connectivity index (χ1n) is 7.40. The molecule has 2 amide bonds. The number of halogens is 1. The molecular weight excluding hydrogens is 315 g/mol. The molecule has 6 heteroatoms. The van der Waals surface area contributed by atoms with Crippen LogP contribution >= 0.6 is 11.3 Å². The van der Waals surface area contributed by atoms with Crippen molar-refractivity contribution in [2.75, 3.05) is 13.1 Å². The summed E-state index contributed by atoms with van der Waals surface area (Å²) in [5, 5.41) is 4.73. The van der Waals surface area contributed by atoms with Crippen molar-refractivity contribution in [1.82, 2.24) is 10.2 Å². The van der Waals surface area contributed by atoms with Crippen LogP contribution in [-0.4, -0.2) is 29.8 Å². The van der Waals surface area contributed by atoms with Crippen LogP contribution in [0.3, 0.4) is 0 Å². The van der Waals surface area contributed by atoms with Gasteiger partial charge in [0.05, 0.1) is 19.5 Å². The Morgan fingerprint density at radius 1 is 1.22 bits per heavy atom. The van der Waals surface area contributed by atoms with Crippen molar-refractivity contribution in [3.63, 3.8) is 0 Å². The van der Waals surface area contributed by atoms with Gasteiger partial charge in [0.15, 0.2) is 0 Å². The maximum Gasteiger partial charge on any atom is 0.239 e. The fourth-order valence-corrected chi connectivity index (χ4v) is 2.77. The second-order valence-electron chi connectivity index (χ2n) is 5.03. The standard InChI is InChI=1S/C17H19FN2O2S/c1-2-20(12-16(21)19-11-14-7-5-9-23-14)17(22)10-13-6-3-4-8-15(13)18/h3-9H,2,10-12H2,1H3,(H,19,21). The van der Waals surface area contributed by atoms with Crippen molar-refractivity contribution in [2.24, 2.45) is 0 Å². The van der Waals surface area contributed by atoms with E-state index >= 15 is 0 Å². The van der Waals surface area contributed by atoms with Gasteiger partial charge in [-0.3, -0.25) is 9.59 Å². The van der Waals surface area contributed by atoms with Crippen molar-refractivity contribution < 1.29 is 14.0 Å². The molecule has 0 saturated carbocycles. The van der Waals surface area contributed by atoms with Crippen molar-refractivity contribution in [1.29, 1.82) is 0 Å². The third-order valence-electron chi connectivity index (χ3n) is 3.41. The smallest absolute Gasteiger partial charge is 0.239 e. The third kappa shape index (κ3) is 5.17. The van der Waals surface area contributed by atoms with Gasteiger partial charge < -0.3 is 10.2 Å². The monoisotopic (exact) mass is 334 g/mol. The predicted octanol–water partition coefficient (Wildman–Crippen LogP) is 2.59. The van der Waals surface area contributed by atoms with Crippen LogP contribution in [0.1, 0.15) is 17.4 Å². The molecule has 1 N–H and O–H groups in total. The Hall–Kier alpha value is -2.21. The first-order valence-corrected chi connectivity index (χ1v) is 8.28. The first-order chi connectivity index (χ1) is 11.1. The second kappa shape index (κ2) is 8.43. The Balaban J connectivity index is 1.87. The maximum absolute atomic E-state index is 13.6. The fraction of sp³-hybridized carbons (Fsp3) is 0.294. The summed E-state index contributed by atoms with van der Waals surface area (Å²) < 4.78 is 13.6.